The van der Waals surface area contributed by atoms with Crippen molar-refractivity contribution >= 4 is 23.2 Å². The summed E-state index contributed by atoms with van der Waals surface area (Å²) in [5.41, 5.74) is 2.57. The lowest BCUT2D eigenvalue weighted by Gasteiger charge is -2.33. The topological polar surface area (TPSA) is 42.9 Å². The summed E-state index contributed by atoms with van der Waals surface area (Å²) in [6, 6.07) is 6.71. The van der Waals surface area contributed by atoms with Gasteiger partial charge in [0.05, 0.1) is 0 Å². The lowest BCUT2D eigenvalue weighted by Crippen LogP contribution is -2.49. The second-order valence-corrected chi connectivity index (χ2v) is 8.68. The summed E-state index contributed by atoms with van der Waals surface area (Å²) in [6.45, 7) is 11.2. The molecule has 156 valence electrons. The third kappa shape index (κ3) is 5.77. The Balaban J connectivity index is 1.43. The smallest absolute Gasteiger partial charge is 0.191 e. The Labute approximate surface area is 175 Å². The summed E-state index contributed by atoms with van der Waals surface area (Å²) in [4.78, 5) is 9.49. The van der Waals surface area contributed by atoms with Crippen LogP contribution in [0.2, 0.25) is 5.02 Å². The molecule has 0 amide bonds. The van der Waals surface area contributed by atoms with Gasteiger partial charge in [-0.15, -0.1) is 0 Å². The van der Waals surface area contributed by atoms with Crippen LogP contribution in [0.3, 0.4) is 0 Å². The van der Waals surface area contributed by atoms with E-state index in [2.05, 4.69) is 51.4 Å². The zero-order chi connectivity index (χ0) is 19.9. The number of guanidine groups is 1. The summed E-state index contributed by atoms with van der Waals surface area (Å²) >= 11 is 6.21. The van der Waals surface area contributed by atoms with E-state index in [-0.39, 0.29) is 0 Å². The number of benzene rings is 1. The molecule has 3 rings (SSSR count). The average molecular weight is 406 g/mol. The highest BCUT2D eigenvalue weighted by Gasteiger charge is 2.25. The summed E-state index contributed by atoms with van der Waals surface area (Å²) in [7, 11) is 1.87. The highest BCUT2D eigenvalue weighted by molar-refractivity contribution is 6.30. The highest BCUT2D eigenvalue weighted by atomic mass is 35.5. The van der Waals surface area contributed by atoms with Gasteiger partial charge in [0.25, 0.3) is 0 Å². The molecule has 2 N–H and O–H groups in total. The van der Waals surface area contributed by atoms with Crippen molar-refractivity contribution in [3.05, 3.63) is 28.8 Å². The van der Waals surface area contributed by atoms with Crippen molar-refractivity contribution in [3.63, 3.8) is 0 Å². The van der Waals surface area contributed by atoms with Crippen LogP contribution in [0, 0.1) is 12.8 Å². The lowest BCUT2D eigenvalue weighted by atomic mass is 10.1. The molecule has 2 fully saturated rings. The van der Waals surface area contributed by atoms with E-state index in [1.807, 2.05) is 13.1 Å². The Morgan fingerprint density at radius 1 is 1.21 bits per heavy atom. The van der Waals surface area contributed by atoms with Gasteiger partial charge in [-0.2, -0.15) is 0 Å². The van der Waals surface area contributed by atoms with E-state index in [0.29, 0.717) is 12.0 Å². The van der Waals surface area contributed by atoms with E-state index >= 15 is 0 Å². The van der Waals surface area contributed by atoms with Crippen molar-refractivity contribution in [1.29, 1.82) is 0 Å². The zero-order valence-corrected chi connectivity index (χ0v) is 18.4. The Morgan fingerprint density at radius 2 is 2.00 bits per heavy atom. The minimum absolute atomic E-state index is 0.536. The molecule has 2 aliphatic rings. The molecule has 1 atom stereocenters. The van der Waals surface area contributed by atoms with E-state index in [0.717, 1.165) is 30.6 Å². The number of piperidine rings is 1. The summed E-state index contributed by atoms with van der Waals surface area (Å²) in [6.07, 6.45) is 4.84. The molecule has 1 aromatic rings. The van der Waals surface area contributed by atoms with Gasteiger partial charge in [0.2, 0.25) is 0 Å². The first-order chi connectivity index (χ1) is 13.6. The minimum Gasteiger partial charge on any atom is -0.371 e. The fraction of sp³-hybridized carbons (Fsp3) is 0.682. The van der Waals surface area contributed by atoms with Crippen LogP contribution in [0.1, 0.15) is 38.2 Å². The van der Waals surface area contributed by atoms with Gasteiger partial charge in [0.15, 0.2) is 5.96 Å². The summed E-state index contributed by atoms with van der Waals surface area (Å²) in [5, 5.41) is 8.01. The number of nitrogens with zero attached hydrogens (tertiary/aromatic N) is 3. The van der Waals surface area contributed by atoms with E-state index in [1.165, 1.54) is 56.6 Å². The molecule has 1 unspecified atom stereocenters. The molecule has 2 aliphatic heterocycles. The Bertz CT molecular complexity index is 654. The maximum atomic E-state index is 6.21. The fourth-order valence-corrected chi connectivity index (χ4v) is 4.55. The first-order valence-electron chi connectivity index (χ1n) is 10.8. The summed E-state index contributed by atoms with van der Waals surface area (Å²) < 4.78 is 0. The van der Waals surface area contributed by atoms with Crippen LogP contribution < -0.4 is 15.5 Å². The Kier molecular flexibility index (Phi) is 7.86. The monoisotopic (exact) mass is 405 g/mol. The molecule has 28 heavy (non-hydrogen) atoms. The SMILES string of the molecule is CCCN1CCC(NC(=NC)NCC2CCN(c3cc(Cl)ccc3C)C2)CC1. The maximum absolute atomic E-state index is 6.21. The number of aliphatic imine (C=N–C) groups is 1. The second kappa shape index (κ2) is 10.4. The third-order valence-electron chi connectivity index (χ3n) is 6.05. The molecule has 2 saturated heterocycles. The predicted octanol–water partition coefficient (Wildman–Crippen LogP) is 3.51. The standard InChI is InChI=1S/C22H36ClN5/c1-4-10-27-11-8-20(9-12-27)26-22(24-3)25-15-18-7-13-28(16-18)21-14-19(23)6-5-17(21)2/h5-6,14,18,20H,4,7-13,15-16H2,1-3H3,(H2,24,25,26). The highest BCUT2D eigenvalue weighted by Crippen LogP contribution is 2.29. The van der Waals surface area contributed by atoms with Crippen molar-refractivity contribution in [1.82, 2.24) is 15.5 Å². The van der Waals surface area contributed by atoms with Crippen molar-refractivity contribution in [2.75, 3.05) is 51.2 Å². The average Bonchev–Trinajstić information content (AvgIpc) is 3.17. The Hall–Kier alpha value is -1.46. The lowest BCUT2D eigenvalue weighted by molar-refractivity contribution is 0.206. The molecule has 0 bridgehead atoms. The molecular formula is C22H36ClN5. The molecule has 6 heteroatoms. The molecule has 5 nitrogen and oxygen atoms in total. The fourth-order valence-electron chi connectivity index (χ4n) is 4.39. The first-order valence-corrected chi connectivity index (χ1v) is 11.2. The molecular weight excluding hydrogens is 370 g/mol. The largest absolute Gasteiger partial charge is 0.371 e. The van der Waals surface area contributed by atoms with Gasteiger partial charge in [-0.25, -0.2) is 0 Å². The van der Waals surface area contributed by atoms with Gasteiger partial charge >= 0.3 is 0 Å². The van der Waals surface area contributed by atoms with Crippen molar-refractivity contribution in [2.24, 2.45) is 10.9 Å². The number of aryl methyl sites for hydroxylation is 1. The number of halogens is 1. The van der Waals surface area contributed by atoms with Crippen LogP contribution in [0.4, 0.5) is 5.69 Å². The zero-order valence-electron chi connectivity index (χ0n) is 17.7. The van der Waals surface area contributed by atoms with Crippen LogP contribution >= 0.6 is 11.6 Å². The summed E-state index contributed by atoms with van der Waals surface area (Å²) in [5.74, 6) is 1.58. The molecule has 0 aromatic heterocycles. The van der Waals surface area contributed by atoms with Crippen molar-refractivity contribution in [2.45, 2.75) is 45.6 Å². The number of nitrogens with one attached hydrogen (secondary N) is 2. The molecule has 0 aliphatic carbocycles. The van der Waals surface area contributed by atoms with E-state index < -0.39 is 0 Å². The second-order valence-electron chi connectivity index (χ2n) is 8.24. The third-order valence-corrected chi connectivity index (χ3v) is 6.28. The van der Waals surface area contributed by atoms with Crippen LogP contribution in [-0.4, -0.2) is 63.2 Å². The van der Waals surface area contributed by atoms with E-state index in [4.69, 9.17) is 11.6 Å². The Morgan fingerprint density at radius 3 is 2.71 bits per heavy atom. The normalized spacial score (nSPS) is 21.9. The molecule has 0 spiro atoms. The van der Waals surface area contributed by atoms with Gasteiger partial charge in [-0.05, 0) is 62.8 Å². The number of rotatable bonds is 6. The number of anilines is 1. The van der Waals surface area contributed by atoms with Crippen LogP contribution in [0.15, 0.2) is 23.2 Å². The number of hydrogen-bond donors (Lipinski definition) is 2. The van der Waals surface area contributed by atoms with Crippen LogP contribution in [0.5, 0.6) is 0 Å². The van der Waals surface area contributed by atoms with Crippen molar-refractivity contribution < 1.29 is 0 Å². The number of hydrogen-bond acceptors (Lipinski definition) is 3. The molecule has 0 radical (unpaired) electrons. The molecule has 0 saturated carbocycles. The van der Waals surface area contributed by atoms with E-state index in [9.17, 15) is 0 Å². The van der Waals surface area contributed by atoms with E-state index in [1.54, 1.807) is 0 Å². The van der Waals surface area contributed by atoms with Gasteiger partial charge in [-0.1, -0.05) is 24.6 Å². The minimum atomic E-state index is 0.536. The number of likely N-dealkylation sites (tertiary alicyclic amines) is 1. The quantitative estimate of drug-likeness (QED) is 0.561. The van der Waals surface area contributed by atoms with Gasteiger partial charge in [0, 0.05) is 56.5 Å². The van der Waals surface area contributed by atoms with Crippen LogP contribution in [-0.2, 0) is 0 Å². The van der Waals surface area contributed by atoms with Gasteiger partial charge in [0.1, 0.15) is 0 Å². The molecule has 1 aromatic carbocycles. The van der Waals surface area contributed by atoms with Crippen molar-refractivity contribution in [3.8, 4) is 0 Å². The first kappa shape index (κ1) is 21.3. The molecule has 2 heterocycles. The van der Waals surface area contributed by atoms with Gasteiger partial charge < -0.3 is 20.4 Å². The maximum Gasteiger partial charge on any atom is 0.191 e. The predicted molar refractivity (Wildman–Crippen MR) is 121 cm³/mol. The van der Waals surface area contributed by atoms with Crippen LogP contribution in [0.25, 0.3) is 0 Å². The van der Waals surface area contributed by atoms with Gasteiger partial charge in [-0.3, -0.25) is 4.99 Å².